The first kappa shape index (κ1) is 28.0. The second-order valence-electron chi connectivity index (χ2n) is 12.7. The average Bonchev–Trinajstić information content (AvgIpc) is 3.56. The van der Waals surface area contributed by atoms with Crippen molar-refractivity contribution in [2.75, 3.05) is 0 Å². The molecule has 2 heterocycles. The fourth-order valence-electron chi connectivity index (χ4n) is 7.53. The van der Waals surface area contributed by atoms with Gasteiger partial charge in [0.05, 0.1) is 11.4 Å². The number of benzene rings is 8. The lowest BCUT2D eigenvalue weighted by Crippen LogP contribution is -1.92. The Bertz CT molecular complexity index is 2810. The number of rotatable bonds is 4. The molecule has 0 spiro atoms. The number of hydrogen-bond acceptors (Lipinski definition) is 2. The smallest absolute Gasteiger partial charge is 0.0715 e. The van der Waals surface area contributed by atoms with E-state index in [0.717, 1.165) is 28.1 Å². The molecule has 0 fully saturated rings. The van der Waals surface area contributed by atoms with Gasteiger partial charge in [0.15, 0.2) is 0 Å². The molecule has 0 atom stereocenters. The van der Waals surface area contributed by atoms with Gasteiger partial charge in [-0.05, 0) is 91.0 Å². The summed E-state index contributed by atoms with van der Waals surface area (Å²) < 4.78 is 2.65. The lowest BCUT2D eigenvalue weighted by molar-refractivity contribution is 1.32. The Morgan fingerprint density at radius 3 is 1.67 bits per heavy atom. The number of pyridine rings is 1. The molecule has 0 saturated heterocycles. The Morgan fingerprint density at radius 2 is 0.878 bits per heavy atom. The van der Waals surface area contributed by atoms with Crippen LogP contribution in [0.15, 0.2) is 176 Å². The fourth-order valence-corrected chi connectivity index (χ4v) is 8.62. The zero-order valence-corrected chi connectivity index (χ0v) is 27.4. The summed E-state index contributed by atoms with van der Waals surface area (Å²) >= 11 is 1.87. The Balaban J connectivity index is 1.26. The molecule has 2 heteroatoms. The number of hydrogen-bond donors (Lipinski definition) is 0. The van der Waals surface area contributed by atoms with Crippen molar-refractivity contribution < 1.29 is 0 Å². The van der Waals surface area contributed by atoms with Crippen LogP contribution in [0.5, 0.6) is 0 Å². The molecule has 0 radical (unpaired) electrons. The van der Waals surface area contributed by atoms with Crippen molar-refractivity contribution in [2.24, 2.45) is 0 Å². The van der Waals surface area contributed by atoms with Gasteiger partial charge in [-0.1, -0.05) is 140 Å². The standard InChI is InChI=1S/C47H29NS/c1-3-12-30(13-4-1)34-28-43(31-14-5-2-6-15-31)48-44(29-34)33-22-24-38-36-16-7-8-17-37(36)40-20-11-19-35(47(40)42(38)27-33)32-23-25-46-41(26-32)39-18-9-10-21-45(39)49-46/h1-29H. The number of nitrogens with zero attached hydrogens (tertiary/aromatic N) is 1. The molecule has 0 bridgehead atoms. The van der Waals surface area contributed by atoms with Crippen LogP contribution < -0.4 is 0 Å². The van der Waals surface area contributed by atoms with Gasteiger partial charge < -0.3 is 0 Å². The van der Waals surface area contributed by atoms with Gasteiger partial charge in [-0.2, -0.15) is 0 Å². The summed E-state index contributed by atoms with van der Waals surface area (Å²) in [6, 6.07) is 63.8. The SMILES string of the molecule is c1ccc(-c2cc(-c3ccccc3)nc(-c3ccc4c5ccccc5c5cccc(-c6ccc7sc8ccccc8c7c6)c5c4c3)c2)cc1. The maximum Gasteiger partial charge on any atom is 0.0715 e. The Morgan fingerprint density at radius 1 is 0.306 bits per heavy atom. The summed E-state index contributed by atoms with van der Waals surface area (Å²) in [4.78, 5) is 5.29. The van der Waals surface area contributed by atoms with Crippen LogP contribution in [-0.4, -0.2) is 4.98 Å². The van der Waals surface area contributed by atoms with E-state index in [4.69, 9.17) is 4.98 Å². The predicted molar refractivity (Wildman–Crippen MR) is 211 cm³/mol. The van der Waals surface area contributed by atoms with E-state index in [9.17, 15) is 0 Å². The molecule has 10 rings (SSSR count). The normalized spacial score (nSPS) is 11.7. The van der Waals surface area contributed by atoms with E-state index in [1.807, 2.05) is 11.3 Å². The van der Waals surface area contributed by atoms with Crippen molar-refractivity contribution in [3.63, 3.8) is 0 Å². The summed E-state index contributed by atoms with van der Waals surface area (Å²) in [5.41, 5.74) is 8.97. The van der Waals surface area contributed by atoms with E-state index >= 15 is 0 Å². The second-order valence-corrected chi connectivity index (χ2v) is 13.8. The van der Waals surface area contributed by atoms with Gasteiger partial charge in [0, 0.05) is 31.3 Å². The van der Waals surface area contributed by atoms with E-state index in [-0.39, 0.29) is 0 Å². The van der Waals surface area contributed by atoms with E-state index in [1.165, 1.54) is 69.2 Å². The Labute approximate surface area is 288 Å². The quantitative estimate of drug-likeness (QED) is 0.175. The Kier molecular flexibility index (Phi) is 6.43. The highest BCUT2D eigenvalue weighted by Crippen LogP contribution is 2.43. The van der Waals surface area contributed by atoms with Crippen LogP contribution in [0.4, 0.5) is 0 Å². The molecule has 8 aromatic carbocycles. The molecule has 0 unspecified atom stereocenters. The van der Waals surface area contributed by atoms with Gasteiger partial charge in [0.2, 0.25) is 0 Å². The average molecular weight is 640 g/mol. The first-order valence-corrected chi connectivity index (χ1v) is 17.5. The molecule has 10 aromatic rings. The molecule has 2 aromatic heterocycles. The van der Waals surface area contributed by atoms with Crippen LogP contribution in [0.1, 0.15) is 0 Å². The molecule has 1 nitrogen and oxygen atoms in total. The summed E-state index contributed by atoms with van der Waals surface area (Å²) in [6.07, 6.45) is 0. The summed E-state index contributed by atoms with van der Waals surface area (Å²) in [5.74, 6) is 0. The lowest BCUT2D eigenvalue weighted by Gasteiger charge is -2.16. The lowest BCUT2D eigenvalue weighted by atomic mass is 9.88. The maximum absolute atomic E-state index is 5.29. The van der Waals surface area contributed by atoms with Crippen molar-refractivity contribution >= 4 is 63.8 Å². The van der Waals surface area contributed by atoms with Crippen LogP contribution in [0.25, 0.3) is 97.3 Å². The molecular weight excluding hydrogens is 611 g/mol. The third kappa shape index (κ3) is 4.64. The monoisotopic (exact) mass is 639 g/mol. The largest absolute Gasteiger partial charge is 0.248 e. The van der Waals surface area contributed by atoms with E-state index in [2.05, 4.69) is 176 Å². The number of aromatic nitrogens is 1. The van der Waals surface area contributed by atoms with Crippen molar-refractivity contribution in [1.82, 2.24) is 4.98 Å². The maximum atomic E-state index is 5.29. The zero-order valence-electron chi connectivity index (χ0n) is 26.6. The topological polar surface area (TPSA) is 12.9 Å². The molecule has 0 N–H and O–H groups in total. The molecule has 0 saturated carbocycles. The number of thiophene rings is 1. The summed E-state index contributed by atoms with van der Waals surface area (Å²) in [6.45, 7) is 0. The van der Waals surface area contributed by atoms with Gasteiger partial charge in [-0.3, -0.25) is 0 Å². The molecule has 228 valence electrons. The van der Waals surface area contributed by atoms with Gasteiger partial charge in [0.25, 0.3) is 0 Å². The van der Waals surface area contributed by atoms with Crippen molar-refractivity contribution in [3.05, 3.63) is 176 Å². The molecule has 0 amide bonds. The highest BCUT2D eigenvalue weighted by atomic mass is 32.1. The van der Waals surface area contributed by atoms with Gasteiger partial charge >= 0.3 is 0 Å². The summed E-state index contributed by atoms with van der Waals surface area (Å²) in [5, 5.41) is 10.2. The van der Waals surface area contributed by atoms with Crippen molar-refractivity contribution in [1.29, 1.82) is 0 Å². The van der Waals surface area contributed by atoms with Crippen LogP contribution in [0.3, 0.4) is 0 Å². The molecular formula is C47H29NS. The zero-order chi connectivity index (χ0) is 32.3. The first-order chi connectivity index (χ1) is 24.3. The molecule has 0 aliphatic heterocycles. The highest BCUT2D eigenvalue weighted by molar-refractivity contribution is 7.25. The second kappa shape index (κ2) is 11.3. The minimum Gasteiger partial charge on any atom is -0.248 e. The number of fused-ring (bicyclic) bond motifs is 9. The van der Waals surface area contributed by atoms with E-state index in [0.29, 0.717) is 0 Å². The van der Waals surface area contributed by atoms with Crippen LogP contribution in [0, 0.1) is 0 Å². The van der Waals surface area contributed by atoms with Crippen LogP contribution in [0.2, 0.25) is 0 Å². The molecule has 0 aliphatic rings. The van der Waals surface area contributed by atoms with Crippen molar-refractivity contribution in [2.45, 2.75) is 0 Å². The van der Waals surface area contributed by atoms with Crippen LogP contribution >= 0.6 is 11.3 Å². The fraction of sp³-hybridized carbons (Fsp3) is 0. The molecule has 0 aliphatic carbocycles. The van der Waals surface area contributed by atoms with Crippen molar-refractivity contribution in [3.8, 4) is 44.8 Å². The van der Waals surface area contributed by atoms with Gasteiger partial charge in [-0.15, -0.1) is 11.3 Å². The van der Waals surface area contributed by atoms with Gasteiger partial charge in [0.1, 0.15) is 0 Å². The Hall–Kier alpha value is -6.09. The predicted octanol–water partition coefficient (Wildman–Crippen LogP) is 13.6. The first-order valence-electron chi connectivity index (χ1n) is 16.7. The van der Waals surface area contributed by atoms with E-state index in [1.54, 1.807) is 0 Å². The summed E-state index contributed by atoms with van der Waals surface area (Å²) in [7, 11) is 0. The highest BCUT2D eigenvalue weighted by Gasteiger charge is 2.16. The third-order valence-corrected chi connectivity index (χ3v) is 11.0. The minimum absolute atomic E-state index is 0.965. The molecule has 49 heavy (non-hydrogen) atoms. The van der Waals surface area contributed by atoms with Crippen LogP contribution in [-0.2, 0) is 0 Å². The van der Waals surface area contributed by atoms with Gasteiger partial charge in [-0.25, -0.2) is 4.98 Å². The minimum atomic E-state index is 0.965. The third-order valence-electron chi connectivity index (χ3n) is 9.85. The van der Waals surface area contributed by atoms with E-state index < -0.39 is 0 Å².